The van der Waals surface area contributed by atoms with E-state index in [-0.39, 0.29) is 0 Å². The van der Waals surface area contributed by atoms with Crippen LogP contribution in [0.25, 0.3) is 21.5 Å². The van der Waals surface area contributed by atoms with E-state index >= 15 is 0 Å². The van der Waals surface area contributed by atoms with Gasteiger partial charge >= 0.3 is 0 Å². The van der Waals surface area contributed by atoms with Gasteiger partial charge in [-0.3, -0.25) is 0 Å². The van der Waals surface area contributed by atoms with Gasteiger partial charge in [0.2, 0.25) is 5.88 Å². The van der Waals surface area contributed by atoms with E-state index in [4.69, 9.17) is 16.3 Å². The second-order valence-electron chi connectivity index (χ2n) is 3.75. The van der Waals surface area contributed by atoms with Crippen molar-refractivity contribution in [3.05, 3.63) is 41.6 Å². The van der Waals surface area contributed by atoms with Crippen molar-refractivity contribution in [1.29, 1.82) is 0 Å². The minimum absolute atomic E-state index is 0.395. The van der Waals surface area contributed by atoms with Crippen molar-refractivity contribution in [2.45, 2.75) is 0 Å². The van der Waals surface area contributed by atoms with Crippen LogP contribution in [-0.2, 0) is 0 Å². The van der Waals surface area contributed by atoms with Crippen LogP contribution in [0.5, 0.6) is 5.88 Å². The Morgan fingerprint density at radius 2 is 1.65 bits per heavy atom. The van der Waals surface area contributed by atoms with Crippen LogP contribution < -0.4 is 4.74 Å². The summed E-state index contributed by atoms with van der Waals surface area (Å²) in [5.74, 6) is 0.496. The Labute approximate surface area is 103 Å². The van der Waals surface area contributed by atoms with Crippen molar-refractivity contribution in [3.63, 3.8) is 0 Å². The van der Waals surface area contributed by atoms with E-state index in [1.165, 1.54) is 0 Å². The van der Waals surface area contributed by atoms with Crippen molar-refractivity contribution < 1.29 is 4.74 Å². The summed E-state index contributed by atoms with van der Waals surface area (Å²) in [4.78, 5) is 0. The standard InChI is InChI=1S/C13H9ClN2O/c1-17-13-11-7-9-5-3-2-4-8(9)6-10(11)12(14)15-16-13/h2-7H,1H3. The van der Waals surface area contributed by atoms with E-state index in [2.05, 4.69) is 10.2 Å². The van der Waals surface area contributed by atoms with Crippen LogP contribution in [0.15, 0.2) is 36.4 Å². The normalized spacial score (nSPS) is 10.9. The van der Waals surface area contributed by atoms with E-state index in [9.17, 15) is 0 Å². The third kappa shape index (κ3) is 1.59. The van der Waals surface area contributed by atoms with Crippen LogP contribution in [0.1, 0.15) is 0 Å². The first-order valence-electron chi connectivity index (χ1n) is 5.18. The maximum absolute atomic E-state index is 6.06. The quantitative estimate of drug-likeness (QED) is 0.615. The van der Waals surface area contributed by atoms with Crippen LogP contribution in [0.2, 0.25) is 5.15 Å². The van der Waals surface area contributed by atoms with Gasteiger partial charge in [-0.25, -0.2) is 0 Å². The fourth-order valence-corrected chi connectivity index (χ4v) is 2.13. The summed E-state index contributed by atoms with van der Waals surface area (Å²) in [6.07, 6.45) is 0. The largest absolute Gasteiger partial charge is 0.479 e. The molecular weight excluding hydrogens is 236 g/mol. The van der Waals surface area contributed by atoms with Gasteiger partial charge in [-0.1, -0.05) is 35.9 Å². The molecular formula is C13H9ClN2O. The Hall–Kier alpha value is -1.87. The molecule has 17 heavy (non-hydrogen) atoms. The number of hydrogen-bond acceptors (Lipinski definition) is 3. The Balaban J connectivity index is 2.50. The first-order chi connectivity index (χ1) is 8.29. The molecule has 0 atom stereocenters. The number of nitrogens with zero attached hydrogens (tertiary/aromatic N) is 2. The number of benzene rings is 2. The maximum Gasteiger partial charge on any atom is 0.241 e. The summed E-state index contributed by atoms with van der Waals surface area (Å²) in [5, 5.41) is 12.2. The molecule has 1 aromatic heterocycles. The molecule has 1 heterocycles. The number of rotatable bonds is 1. The Kier molecular flexibility index (Phi) is 2.34. The monoisotopic (exact) mass is 244 g/mol. The molecule has 0 fully saturated rings. The number of fused-ring (bicyclic) bond motifs is 2. The van der Waals surface area contributed by atoms with Crippen molar-refractivity contribution in [2.24, 2.45) is 0 Å². The average molecular weight is 245 g/mol. The van der Waals surface area contributed by atoms with Crippen LogP contribution in [0.4, 0.5) is 0 Å². The van der Waals surface area contributed by atoms with Gasteiger partial charge in [0.25, 0.3) is 0 Å². The summed E-state index contributed by atoms with van der Waals surface area (Å²) in [6, 6.07) is 12.1. The van der Waals surface area contributed by atoms with Gasteiger partial charge in [0.15, 0.2) is 5.15 Å². The van der Waals surface area contributed by atoms with Gasteiger partial charge in [0, 0.05) is 10.8 Å². The predicted molar refractivity (Wildman–Crippen MR) is 68.6 cm³/mol. The number of halogens is 1. The molecule has 0 spiro atoms. The zero-order chi connectivity index (χ0) is 11.8. The summed E-state index contributed by atoms with van der Waals surface area (Å²) in [6.45, 7) is 0. The van der Waals surface area contributed by atoms with Gasteiger partial charge in [0.05, 0.1) is 7.11 Å². The molecule has 0 radical (unpaired) electrons. The Morgan fingerprint density at radius 1 is 1.00 bits per heavy atom. The van der Waals surface area contributed by atoms with Crippen LogP contribution in [-0.4, -0.2) is 17.3 Å². The fraction of sp³-hybridized carbons (Fsp3) is 0.0769. The third-order valence-electron chi connectivity index (χ3n) is 2.76. The molecule has 3 nitrogen and oxygen atoms in total. The number of hydrogen-bond donors (Lipinski definition) is 0. The molecule has 4 heteroatoms. The molecule has 0 N–H and O–H groups in total. The highest BCUT2D eigenvalue weighted by Gasteiger charge is 2.09. The minimum Gasteiger partial charge on any atom is -0.479 e. The molecule has 3 rings (SSSR count). The smallest absolute Gasteiger partial charge is 0.241 e. The molecule has 0 aliphatic heterocycles. The summed E-state index contributed by atoms with van der Waals surface area (Å²) >= 11 is 6.06. The Morgan fingerprint density at radius 3 is 2.29 bits per heavy atom. The van der Waals surface area contributed by atoms with E-state index < -0.39 is 0 Å². The van der Waals surface area contributed by atoms with Crippen LogP contribution in [0.3, 0.4) is 0 Å². The van der Waals surface area contributed by atoms with E-state index in [1.807, 2.05) is 36.4 Å². The molecule has 0 saturated carbocycles. The van der Waals surface area contributed by atoms with E-state index in [0.717, 1.165) is 21.5 Å². The summed E-state index contributed by atoms with van der Waals surface area (Å²) < 4.78 is 5.20. The Bertz CT molecular complexity index is 712. The lowest BCUT2D eigenvalue weighted by Crippen LogP contribution is -1.93. The zero-order valence-electron chi connectivity index (χ0n) is 9.14. The number of ether oxygens (including phenoxy) is 1. The average Bonchev–Trinajstić information content (AvgIpc) is 2.38. The van der Waals surface area contributed by atoms with E-state index in [1.54, 1.807) is 7.11 Å². The van der Waals surface area contributed by atoms with E-state index in [0.29, 0.717) is 11.0 Å². The lowest BCUT2D eigenvalue weighted by Gasteiger charge is -2.06. The van der Waals surface area contributed by atoms with Crippen molar-refractivity contribution in [1.82, 2.24) is 10.2 Å². The molecule has 0 bridgehead atoms. The SMILES string of the molecule is COc1nnc(Cl)c2cc3ccccc3cc12. The third-order valence-corrected chi connectivity index (χ3v) is 3.04. The fourth-order valence-electron chi connectivity index (χ4n) is 1.94. The lowest BCUT2D eigenvalue weighted by molar-refractivity contribution is 0.398. The van der Waals surface area contributed by atoms with Gasteiger partial charge in [-0.2, -0.15) is 0 Å². The molecule has 84 valence electrons. The lowest BCUT2D eigenvalue weighted by atomic mass is 10.1. The second-order valence-corrected chi connectivity index (χ2v) is 4.10. The summed E-state index contributed by atoms with van der Waals surface area (Å²) in [7, 11) is 1.58. The summed E-state index contributed by atoms with van der Waals surface area (Å²) in [5.41, 5.74) is 0. The molecule has 3 aromatic rings. The minimum atomic E-state index is 0.395. The van der Waals surface area contributed by atoms with Crippen molar-refractivity contribution in [3.8, 4) is 5.88 Å². The number of aromatic nitrogens is 2. The van der Waals surface area contributed by atoms with Gasteiger partial charge in [-0.15, -0.1) is 10.2 Å². The zero-order valence-corrected chi connectivity index (χ0v) is 9.90. The molecule has 2 aromatic carbocycles. The van der Waals surface area contributed by atoms with Gasteiger partial charge in [0.1, 0.15) is 0 Å². The predicted octanol–water partition coefficient (Wildman–Crippen LogP) is 3.45. The highest BCUT2D eigenvalue weighted by molar-refractivity contribution is 6.34. The molecule has 0 amide bonds. The van der Waals surface area contributed by atoms with Crippen molar-refractivity contribution in [2.75, 3.05) is 7.11 Å². The van der Waals surface area contributed by atoms with Crippen LogP contribution in [0, 0.1) is 0 Å². The topological polar surface area (TPSA) is 35.0 Å². The maximum atomic E-state index is 6.06. The first kappa shape index (κ1) is 10.3. The van der Waals surface area contributed by atoms with Gasteiger partial charge < -0.3 is 4.74 Å². The second kappa shape index (κ2) is 3.86. The molecule has 0 aliphatic rings. The highest BCUT2D eigenvalue weighted by Crippen LogP contribution is 2.31. The molecule has 0 unspecified atom stereocenters. The van der Waals surface area contributed by atoms with Crippen LogP contribution >= 0.6 is 11.6 Å². The van der Waals surface area contributed by atoms with Gasteiger partial charge in [-0.05, 0) is 22.9 Å². The highest BCUT2D eigenvalue weighted by atomic mass is 35.5. The number of methoxy groups -OCH3 is 1. The van der Waals surface area contributed by atoms with Crippen molar-refractivity contribution >= 4 is 33.1 Å². The molecule has 0 saturated heterocycles. The molecule has 0 aliphatic carbocycles. The first-order valence-corrected chi connectivity index (χ1v) is 5.56.